The first kappa shape index (κ1) is 31.9. The summed E-state index contributed by atoms with van der Waals surface area (Å²) in [6, 6.07) is 7.27. The molecule has 9 heteroatoms. The number of aliphatic hydroxyl groups excluding tert-OH is 1. The molecule has 0 saturated heterocycles. The second-order valence-electron chi connectivity index (χ2n) is 14.8. The molecule has 6 aliphatic carbocycles. The number of Topliss-reactive ketones (excluding diaryl/α,β-unsaturated/α-hetero) is 1. The molecule has 0 radical (unpaired) electrons. The first-order valence-electron chi connectivity index (χ1n) is 16.2. The lowest BCUT2D eigenvalue weighted by atomic mass is 9.32. The average Bonchev–Trinajstić information content (AvgIpc) is 3.26. The van der Waals surface area contributed by atoms with Crippen molar-refractivity contribution in [2.45, 2.75) is 76.9 Å². The number of methoxy groups -OCH3 is 2. The van der Waals surface area contributed by atoms with Crippen LogP contribution in [0.2, 0.25) is 0 Å². The third-order valence-corrected chi connectivity index (χ3v) is 14.2. The lowest BCUT2D eigenvalue weighted by Crippen LogP contribution is -2.67. The third kappa shape index (κ3) is 4.43. The average molecular weight is 628 g/mol. The second kappa shape index (κ2) is 10.8. The van der Waals surface area contributed by atoms with Gasteiger partial charge in [-0.2, -0.15) is 4.31 Å². The van der Waals surface area contributed by atoms with Crippen LogP contribution in [0.15, 0.2) is 48.1 Å². The van der Waals surface area contributed by atoms with Crippen molar-refractivity contribution < 1.29 is 32.9 Å². The Balaban J connectivity index is 1.45. The summed E-state index contributed by atoms with van der Waals surface area (Å²) in [6.45, 7) is 5.26. The number of carbonyl (C=O) groups excluding carboxylic acids is 1. The molecule has 2 spiro atoms. The molecule has 44 heavy (non-hydrogen) atoms. The topological polar surface area (TPSA) is 113 Å². The van der Waals surface area contributed by atoms with Crippen molar-refractivity contribution in [2.24, 2.45) is 33.5 Å². The van der Waals surface area contributed by atoms with E-state index >= 15 is 0 Å². The highest BCUT2D eigenvalue weighted by molar-refractivity contribution is 7.88. The molecule has 7 rings (SSSR count). The maximum Gasteiger partial charge on any atom is 0.211 e. The zero-order valence-electron chi connectivity index (χ0n) is 26.8. The third-order valence-electron chi connectivity index (χ3n) is 13.0. The van der Waals surface area contributed by atoms with Gasteiger partial charge in [0.25, 0.3) is 0 Å². The Kier molecular flexibility index (Phi) is 7.81. The van der Waals surface area contributed by atoms with E-state index in [0.717, 1.165) is 31.3 Å². The van der Waals surface area contributed by atoms with Crippen molar-refractivity contribution in [1.82, 2.24) is 4.31 Å². The minimum absolute atomic E-state index is 0.0134. The molecule has 2 bridgehead atoms. The highest BCUT2D eigenvalue weighted by Gasteiger charge is 2.74. The quantitative estimate of drug-likeness (QED) is 0.218. The molecule has 1 aromatic carbocycles. The predicted octanol–water partition coefficient (Wildman–Crippen LogP) is 4.77. The molecular formula is C35H49NO7S. The Morgan fingerprint density at radius 1 is 1.00 bits per heavy atom. The van der Waals surface area contributed by atoms with Crippen LogP contribution in [0, 0.1) is 33.5 Å². The van der Waals surface area contributed by atoms with Gasteiger partial charge in [0.05, 0.1) is 25.1 Å². The molecule has 0 heterocycles. The summed E-state index contributed by atoms with van der Waals surface area (Å²) in [4.78, 5) is 14.6. The Morgan fingerprint density at radius 3 is 2.32 bits per heavy atom. The normalized spacial score (nSPS) is 40.7. The molecule has 8 nitrogen and oxygen atoms in total. The van der Waals surface area contributed by atoms with Crippen LogP contribution in [-0.4, -0.2) is 80.6 Å². The Labute approximate surface area is 262 Å². The molecular weight excluding hydrogens is 578 g/mol. The number of sulfonamides is 1. The fourth-order valence-corrected chi connectivity index (χ4v) is 11.4. The fourth-order valence-electron chi connectivity index (χ4n) is 10.5. The summed E-state index contributed by atoms with van der Waals surface area (Å²) in [5, 5.41) is 23.5. The van der Waals surface area contributed by atoms with Gasteiger partial charge in [-0.1, -0.05) is 32.1 Å². The number of hydrogen-bond donors (Lipinski definition) is 2. The van der Waals surface area contributed by atoms with Crippen LogP contribution in [0.25, 0.3) is 0 Å². The summed E-state index contributed by atoms with van der Waals surface area (Å²) < 4.78 is 37.8. The second-order valence-corrected chi connectivity index (χ2v) is 16.8. The molecule has 3 fully saturated rings. The number of aliphatic hydroxyl groups is 2. The number of ketones is 1. The zero-order chi connectivity index (χ0) is 31.8. The Hall–Kier alpha value is -2.04. The fraction of sp³-hybridized carbons (Fsp3) is 0.686. The highest BCUT2D eigenvalue weighted by Crippen LogP contribution is 2.78. The molecule has 242 valence electrons. The van der Waals surface area contributed by atoms with E-state index in [1.165, 1.54) is 10.6 Å². The molecule has 0 aromatic heterocycles. The van der Waals surface area contributed by atoms with Gasteiger partial charge >= 0.3 is 0 Å². The van der Waals surface area contributed by atoms with Crippen molar-refractivity contribution >= 4 is 15.8 Å². The molecule has 6 aliphatic rings. The molecule has 1 aromatic rings. The minimum Gasteiger partial charge on any atom is -0.497 e. The summed E-state index contributed by atoms with van der Waals surface area (Å²) >= 11 is 0. The Bertz CT molecular complexity index is 1470. The number of ether oxygens (including phenoxy) is 2. The van der Waals surface area contributed by atoms with E-state index in [1.807, 2.05) is 24.3 Å². The molecule has 0 aliphatic heterocycles. The number of nitrogens with zero attached hydrogens (tertiary/aromatic N) is 1. The van der Waals surface area contributed by atoms with Crippen LogP contribution in [0.5, 0.6) is 5.75 Å². The standard InChI is InChI=1S/C35H49NO7S/c1-31-14-11-25(37)21-33(31)17-18-35(27(22-33)30(38)24-7-9-26(43-4)10-8-24)28(31)12-15-32(2)29(35)13-16-34(32,39)23-36(44(5,40)41)19-6-20-42-3/h7-10,17-18,22,25,28-29,37,39H,6,11-16,19-21,23H2,1-5H3/t25?,28-,29-,31-,32+,33+,34-,35-/m1/s1. The minimum atomic E-state index is -3.57. The van der Waals surface area contributed by atoms with E-state index in [-0.39, 0.29) is 36.1 Å². The molecule has 2 N–H and O–H groups in total. The van der Waals surface area contributed by atoms with Crippen LogP contribution in [0.1, 0.15) is 75.6 Å². The van der Waals surface area contributed by atoms with Gasteiger partial charge in [-0.25, -0.2) is 8.42 Å². The van der Waals surface area contributed by atoms with Gasteiger partial charge in [0.1, 0.15) is 5.75 Å². The molecule has 1 unspecified atom stereocenters. The van der Waals surface area contributed by atoms with Crippen LogP contribution in [-0.2, 0) is 14.8 Å². The molecule has 3 saturated carbocycles. The predicted molar refractivity (Wildman–Crippen MR) is 169 cm³/mol. The monoisotopic (exact) mass is 627 g/mol. The van der Waals surface area contributed by atoms with Crippen LogP contribution in [0.4, 0.5) is 0 Å². The van der Waals surface area contributed by atoms with Crippen molar-refractivity contribution in [1.29, 1.82) is 0 Å². The number of rotatable bonds is 10. The molecule has 0 amide bonds. The van der Waals surface area contributed by atoms with Gasteiger partial charge in [-0.3, -0.25) is 4.79 Å². The highest BCUT2D eigenvalue weighted by atomic mass is 32.2. The molecule has 8 atom stereocenters. The SMILES string of the molecule is COCCCN(C[C@]1(O)CC[C@H]2[C@]34C=C[C@@]5(C=C3C(=O)c3ccc(OC)cc3)CC(O)CC[C@]5(C)[C@H]4CC[C@@]21C)S(C)(=O)=O. The van der Waals surface area contributed by atoms with Crippen molar-refractivity contribution in [3.8, 4) is 5.75 Å². The smallest absolute Gasteiger partial charge is 0.211 e. The van der Waals surface area contributed by atoms with Gasteiger partial charge < -0.3 is 19.7 Å². The first-order valence-corrected chi connectivity index (χ1v) is 18.0. The van der Waals surface area contributed by atoms with Crippen LogP contribution >= 0.6 is 0 Å². The number of fused-ring (bicyclic) bond motifs is 1. The van der Waals surface area contributed by atoms with Gasteiger partial charge in [0.15, 0.2) is 5.78 Å². The van der Waals surface area contributed by atoms with E-state index in [0.29, 0.717) is 43.6 Å². The van der Waals surface area contributed by atoms with Gasteiger partial charge in [0.2, 0.25) is 10.0 Å². The van der Waals surface area contributed by atoms with E-state index in [1.54, 1.807) is 14.2 Å². The lowest BCUT2D eigenvalue weighted by molar-refractivity contribution is -0.173. The number of carbonyl (C=O) groups is 1. The van der Waals surface area contributed by atoms with Crippen molar-refractivity contribution in [3.05, 3.63) is 53.6 Å². The van der Waals surface area contributed by atoms with Gasteiger partial charge in [-0.15, -0.1) is 0 Å². The number of allylic oxidation sites excluding steroid dienone is 4. The Morgan fingerprint density at radius 2 is 1.66 bits per heavy atom. The summed E-state index contributed by atoms with van der Waals surface area (Å²) in [7, 11) is -0.361. The van der Waals surface area contributed by atoms with Crippen molar-refractivity contribution in [3.63, 3.8) is 0 Å². The summed E-state index contributed by atoms with van der Waals surface area (Å²) in [5.74, 6) is 0.791. The first-order chi connectivity index (χ1) is 20.7. The zero-order valence-corrected chi connectivity index (χ0v) is 27.7. The van der Waals surface area contributed by atoms with Gasteiger partial charge in [0, 0.05) is 54.2 Å². The van der Waals surface area contributed by atoms with E-state index < -0.39 is 38.0 Å². The van der Waals surface area contributed by atoms with E-state index in [9.17, 15) is 23.4 Å². The maximum absolute atomic E-state index is 14.6. The maximum atomic E-state index is 14.6. The summed E-state index contributed by atoms with van der Waals surface area (Å²) in [6.07, 6.45) is 13.1. The largest absolute Gasteiger partial charge is 0.497 e. The van der Waals surface area contributed by atoms with Crippen LogP contribution in [0.3, 0.4) is 0 Å². The van der Waals surface area contributed by atoms with Crippen molar-refractivity contribution in [2.75, 3.05) is 40.2 Å². The number of hydrogen-bond acceptors (Lipinski definition) is 7. The van der Waals surface area contributed by atoms with Gasteiger partial charge in [-0.05, 0) is 92.9 Å². The number of benzene rings is 1. The van der Waals surface area contributed by atoms with E-state index in [2.05, 4.69) is 32.1 Å². The lowest BCUT2D eigenvalue weighted by Gasteiger charge is -2.71. The van der Waals surface area contributed by atoms with Crippen LogP contribution < -0.4 is 4.74 Å². The van der Waals surface area contributed by atoms with E-state index in [4.69, 9.17) is 9.47 Å². The summed E-state index contributed by atoms with van der Waals surface area (Å²) in [5.41, 5.74) is -1.62.